The SMILES string of the molecule is COc1ccc(Cn2nnnc2CN(Cc2ccco2)Cc2cc3cccc(C)c3[nH]c2=O)cc1. The summed E-state index contributed by atoms with van der Waals surface area (Å²) in [7, 11) is 1.64. The second-order valence-corrected chi connectivity index (χ2v) is 8.49. The van der Waals surface area contributed by atoms with Crippen LogP contribution >= 0.6 is 0 Å². The summed E-state index contributed by atoms with van der Waals surface area (Å²) in [5, 5.41) is 13.3. The molecule has 0 bridgehead atoms. The predicted molar refractivity (Wildman–Crippen MR) is 131 cm³/mol. The van der Waals surface area contributed by atoms with Crippen LogP contribution in [0, 0.1) is 6.92 Å². The standard InChI is InChI=1S/C26H26N6O3/c1-18-5-3-6-20-13-21(26(33)27-25(18)20)15-31(16-23-7-4-12-35-23)17-24-28-29-30-32(24)14-19-8-10-22(34-2)11-9-19/h3-13H,14-17H2,1-2H3,(H,27,33). The maximum atomic E-state index is 12.9. The second-order valence-electron chi connectivity index (χ2n) is 8.49. The number of para-hydroxylation sites is 1. The van der Waals surface area contributed by atoms with Crippen LogP contribution in [-0.2, 0) is 26.2 Å². The van der Waals surface area contributed by atoms with E-state index in [0.29, 0.717) is 37.6 Å². The minimum absolute atomic E-state index is 0.103. The molecule has 5 rings (SSSR count). The van der Waals surface area contributed by atoms with Crippen molar-refractivity contribution in [1.82, 2.24) is 30.1 Å². The lowest BCUT2D eigenvalue weighted by Gasteiger charge is -2.21. The molecule has 9 nitrogen and oxygen atoms in total. The van der Waals surface area contributed by atoms with Gasteiger partial charge in [0, 0.05) is 12.1 Å². The van der Waals surface area contributed by atoms with E-state index in [1.807, 2.05) is 67.6 Å². The third-order valence-corrected chi connectivity index (χ3v) is 5.98. The molecule has 0 radical (unpaired) electrons. The predicted octanol–water partition coefficient (Wildman–Crippen LogP) is 3.68. The molecule has 0 saturated heterocycles. The number of rotatable bonds is 9. The van der Waals surface area contributed by atoms with Crippen molar-refractivity contribution < 1.29 is 9.15 Å². The quantitative estimate of drug-likeness (QED) is 0.351. The van der Waals surface area contributed by atoms with Crippen molar-refractivity contribution in [3.05, 3.63) is 106 Å². The Hall–Kier alpha value is -4.24. The average molecular weight is 471 g/mol. The lowest BCUT2D eigenvalue weighted by molar-refractivity contribution is 0.217. The topological polar surface area (TPSA) is 102 Å². The molecule has 178 valence electrons. The van der Waals surface area contributed by atoms with Gasteiger partial charge < -0.3 is 14.1 Å². The number of aryl methyl sites for hydroxylation is 1. The Balaban J connectivity index is 1.41. The minimum Gasteiger partial charge on any atom is -0.497 e. The van der Waals surface area contributed by atoms with Crippen molar-refractivity contribution in [1.29, 1.82) is 0 Å². The van der Waals surface area contributed by atoms with Gasteiger partial charge in [-0.2, -0.15) is 0 Å². The molecular formula is C26H26N6O3. The van der Waals surface area contributed by atoms with Crippen molar-refractivity contribution in [2.45, 2.75) is 33.1 Å². The van der Waals surface area contributed by atoms with Crippen LogP contribution in [0.25, 0.3) is 10.9 Å². The van der Waals surface area contributed by atoms with Gasteiger partial charge in [-0.15, -0.1) is 5.10 Å². The molecule has 1 N–H and O–H groups in total. The van der Waals surface area contributed by atoms with Crippen LogP contribution in [0.3, 0.4) is 0 Å². The maximum absolute atomic E-state index is 12.9. The third-order valence-electron chi connectivity index (χ3n) is 5.98. The number of methoxy groups -OCH3 is 1. The van der Waals surface area contributed by atoms with Gasteiger partial charge in [0.15, 0.2) is 5.82 Å². The molecule has 0 fully saturated rings. The molecule has 0 atom stereocenters. The zero-order chi connectivity index (χ0) is 24.2. The van der Waals surface area contributed by atoms with Crippen molar-refractivity contribution >= 4 is 10.9 Å². The number of benzene rings is 2. The Morgan fingerprint density at radius 1 is 1.06 bits per heavy atom. The smallest absolute Gasteiger partial charge is 0.252 e. The normalized spacial score (nSPS) is 11.4. The summed E-state index contributed by atoms with van der Waals surface area (Å²) in [6, 6.07) is 19.5. The van der Waals surface area contributed by atoms with Crippen LogP contribution < -0.4 is 10.3 Å². The highest BCUT2D eigenvalue weighted by Crippen LogP contribution is 2.18. The average Bonchev–Trinajstić information content (AvgIpc) is 3.53. The molecule has 3 heterocycles. The molecule has 0 aliphatic carbocycles. The van der Waals surface area contributed by atoms with E-state index >= 15 is 0 Å². The lowest BCUT2D eigenvalue weighted by atomic mass is 10.1. The number of ether oxygens (including phenoxy) is 1. The number of aromatic nitrogens is 5. The fraction of sp³-hybridized carbons (Fsp3) is 0.231. The fourth-order valence-corrected chi connectivity index (χ4v) is 4.14. The molecule has 3 aromatic heterocycles. The number of nitrogens with zero attached hydrogens (tertiary/aromatic N) is 5. The van der Waals surface area contributed by atoms with E-state index in [4.69, 9.17) is 9.15 Å². The van der Waals surface area contributed by atoms with Crippen molar-refractivity contribution in [2.24, 2.45) is 0 Å². The van der Waals surface area contributed by atoms with E-state index in [1.165, 1.54) is 0 Å². The number of aromatic amines is 1. The second kappa shape index (κ2) is 9.94. The maximum Gasteiger partial charge on any atom is 0.252 e. The number of furan rings is 1. The number of pyridine rings is 1. The summed E-state index contributed by atoms with van der Waals surface area (Å²) >= 11 is 0. The number of nitrogens with one attached hydrogen (secondary N) is 1. The number of hydrogen-bond donors (Lipinski definition) is 1. The number of H-pyrrole nitrogens is 1. The van der Waals surface area contributed by atoms with Crippen LogP contribution in [0.15, 0.2) is 76.1 Å². The third kappa shape index (κ3) is 5.15. The summed E-state index contributed by atoms with van der Waals surface area (Å²) in [5.41, 5.74) is 3.52. The molecule has 0 spiro atoms. The van der Waals surface area contributed by atoms with Gasteiger partial charge in [-0.25, -0.2) is 4.68 Å². The summed E-state index contributed by atoms with van der Waals surface area (Å²) in [5.74, 6) is 2.29. The summed E-state index contributed by atoms with van der Waals surface area (Å²) in [6.07, 6.45) is 1.65. The molecule has 0 aliphatic rings. The largest absolute Gasteiger partial charge is 0.497 e. The van der Waals surface area contributed by atoms with E-state index in [9.17, 15) is 4.79 Å². The van der Waals surface area contributed by atoms with E-state index < -0.39 is 0 Å². The van der Waals surface area contributed by atoms with E-state index in [0.717, 1.165) is 33.5 Å². The van der Waals surface area contributed by atoms with Gasteiger partial charge in [0.05, 0.1) is 38.5 Å². The Labute approximate surface area is 202 Å². The molecular weight excluding hydrogens is 444 g/mol. The van der Waals surface area contributed by atoms with Crippen molar-refractivity contribution in [3.8, 4) is 5.75 Å². The molecule has 9 heteroatoms. The molecule has 0 saturated carbocycles. The zero-order valence-corrected chi connectivity index (χ0v) is 19.6. The molecule has 35 heavy (non-hydrogen) atoms. The highest BCUT2D eigenvalue weighted by atomic mass is 16.5. The van der Waals surface area contributed by atoms with E-state index in [-0.39, 0.29) is 5.56 Å². The van der Waals surface area contributed by atoms with Crippen LogP contribution in [0.2, 0.25) is 0 Å². The number of fused-ring (bicyclic) bond motifs is 1. The fourth-order valence-electron chi connectivity index (χ4n) is 4.14. The van der Waals surface area contributed by atoms with Crippen LogP contribution in [0.5, 0.6) is 5.75 Å². The minimum atomic E-state index is -0.103. The van der Waals surface area contributed by atoms with Gasteiger partial charge in [0.1, 0.15) is 11.5 Å². The molecule has 0 unspecified atom stereocenters. The summed E-state index contributed by atoms with van der Waals surface area (Å²) in [4.78, 5) is 18.1. The van der Waals surface area contributed by atoms with Gasteiger partial charge in [-0.3, -0.25) is 9.69 Å². The Morgan fingerprint density at radius 2 is 1.91 bits per heavy atom. The summed E-state index contributed by atoms with van der Waals surface area (Å²) < 4.78 is 12.6. The molecule has 2 aromatic carbocycles. The first-order valence-corrected chi connectivity index (χ1v) is 11.3. The first-order valence-electron chi connectivity index (χ1n) is 11.3. The number of tetrazole rings is 1. The van der Waals surface area contributed by atoms with Crippen molar-refractivity contribution in [2.75, 3.05) is 7.11 Å². The lowest BCUT2D eigenvalue weighted by Crippen LogP contribution is -2.28. The Bertz CT molecular complexity index is 1470. The van der Waals surface area contributed by atoms with E-state index in [2.05, 4.69) is 25.4 Å². The Morgan fingerprint density at radius 3 is 2.69 bits per heavy atom. The summed E-state index contributed by atoms with van der Waals surface area (Å²) in [6.45, 7) is 3.87. The van der Waals surface area contributed by atoms with Gasteiger partial charge >= 0.3 is 0 Å². The van der Waals surface area contributed by atoms with Gasteiger partial charge in [0.25, 0.3) is 5.56 Å². The van der Waals surface area contributed by atoms with Crippen LogP contribution in [0.4, 0.5) is 0 Å². The number of hydrogen-bond acceptors (Lipinski definition) is 7. The molecule has 0 amide bonds. The van der Waals surface area contributed by atoms with Crippen molar-refractivity contribution in [3.63, 3.8) is 0 Å². The monoisotopic (exact) mass is 470 g/mol. The van der Waals surface area contributed by atoms with E-state index in [1.54, 1.807) is 18.1 Å². The highest BCUT2D eigenvalue weighted by molar-refractivity contribution is 5.81. The zero-order valence-electron chi connectivity index (χ0n) is 19.6. The molecule has 0 aliphatic heterocycles. The first-order chi connectivity index (χ1) is 17.1. The first kappa shape index (κ1) is 22.5. The molecule has 5 aromatic rings. The van der Waals surface area contributed by atoms with Crippen LogP contribution in [0.1, 0.15) is 28.3 Å². The Kier molecular flexibility index (Phi) is 6.40. The van der Waals surface area contributed by atoms with Gasteiger partial charge in [-0.1, -0.05) is 30.3 Å². The van der Waals surface area contributed by atoms with Crippen LogP contribution in [-0.4, -0.2) is 37.2 Å². The van der Waals surface area contributed by atoms with Gasteiger partial charge in [-0.05, 0) is 64.2 Å². The highest BCUT2D eigenvalue weighted by Gasteiger charge is 2.17. The van der Waals surface area contributed by atoms with Gasteiger partial charge in [0.2, 0.25) is 0 Å².